The van der Waals surface area contributed by atoms with Crippen molar-refractivity contribution < 1.29 is 12.8 Å². The molecule has 0 aliphatic carbocycles. The van der Waals surface area contributed by atoms with E-state index in [9.17, 15) is 12.8 Å². The zero-order chi connectivity index (χ0) is 21.6. The molecule has 154 valence electrons. The van der Waals surface area contributed by atoms with Gasteiger partial charge in [-0.2, -0.15) is 0 Å². The van der Waals surface area contributed by atoms with Crippen LogP contribution < -0.4 is 5.73 Å². The fraction of sp³-hybridized carbons (Fsp3) is 0.0435. The number of benzene rings is 3. The van der Waals surface area contributed by atoms with Gasteiger partial charge in [0.15, 0.2) is 5.65 Å². The number of halogens is 1. The number of hydrogen-bond acceptors (Lipinski definition) is 5. The molecule has 0 unspecified atom stereocenters. The van der Waals surface area contributed by atoms with Crippen LogP contribution in [0.2, 0.25) is 0 Å². The van der Waals surface area contributed by atoms with Gasteiger partial charge in [-0.3, -0.25) is 0 Å². The minimum Gasteiger partial charge on any atom is -0.384 e. The number of nitrogens with two attached hydrogens (primary N) is 1. The average molecular weight is 432 g/mol. The predicted molar refractivity (Wildman–Crippen MR) is 117 cm³/mol. The first kappa shape index (κ1) is 19.2. The molecule has 0 saturated heterocycles. The number of para-hydroxylation sites is 2. The van der Waals surface area contributed by atoms with Crippen LogP contribution in [0.3, 0.4) is 0 Å². The Labute approximate surface area is 177 Å². The number of rotatable bonds is 4. The van der Waals surface area contributed by atoms with Gasteiger partial charge in [-0.15, -0.1) is 0 Å². The molecule has 0 aliphatic rings. The standard InChI is InChI=1S/C23H17FN4O2S/c24-16-12-10-15(11-13-16)14-28-22(25)21(31(29,30)17-6-2-1-3-7-17)20-23(28)27-19-9-5-4-8-18(19)26-20/h1-13H,14,25H2. The molecule has 0 radical (unpaired) electrons. The molecular formula is C23H17FN4O2S. The molecule has 0 saturated carbocycles. The van der Waals surface area contributed by atoms with Gasteiger partial charge in [-0.1, -0.05) is 42.5 Å². The van der Waals surface area contributed by atoms with E-state index < -0.39 is 9.84 Å². The molecule has 0 amide bonds. The lowest BCUT2D eigenvalue weighted by atomic mass is 10.2. The van der Waals surface area contributed by atoms with Crippen LogP contribution >= 0.6 is 0 Å². The number of sulfone groups is 1. The summed E-state index contributed by atoms with van der Waals surface area (Å²) in [4.78, 5) is 9.31. The van der Waals surface area contributed by atoms with Gasteiger partial charge in [0.2, 0.25) is 9.84 Å². The Morgan fingerprint density at radius 1 is 0.839 bits per heavy atom. The number of nitrogen functional groups attached to an aromatic ring is 1. The molecule has 3 aromatic carbocycles. The minimum atomic E-state index is -3.95. The van der Waals surface area contributed by atoms with E-state index in [1.807, 2.05) is 12.1 Å². The first-order valence-corrected chi connectivity index (χ1v) is 11.0. The molecule has 31 heavy (non-hydrogen) atoms. The van der Waals surface area contributed by atoms with Crippen molar-refractivity contribution >= 4 is 37.9 Å². The lowest BCUT2D eigenvalue weighted by Crippen LogP contribution is -2.09. The molecule has 5 rings (SSSR count). The molecule has 0 spiro atoms. The number of anilines is 1. The molecule has 6 nitrogen and oxygen atoms in total. The van der Waals surface area contributed by atoms with E-state index >= 15 is 0 Å². The van der Waals surface area contributed by atoms with Crippen LogP contribution in [0.4, 0.5) is 10.2 Å². The SMILES string of the molecule is Nc1c(S(=O)(=O)c2ccccc2)c2nc3ccccc3nc2n1Cc1ccc(F)cc1. The summed E-state index contributed by atoms with van der Waals surface area (Å²) in [6, 6.07) is 21.3. The van der Waals surface area contributed by atoms with Gasteiger partial charge in [0.05, 0.1) is 22.5 Å². The maximum absolute atomic E-state index is 13.5. The first-order chi connectivity index (χ1) is 14.9. The number of fused-ring (bicyclic) bond motifs is 2. The molecule has 0 fully saturated rings. The van der Waals surface area contributed by atoms with Crippen molar-refractivity contribution in [1.29, 1.82) is 0 Å². The molecule has 2 aromatic heterocycles. The summed E-state index contributed by atoms with van der Waals surface area (Å²) in [7, 11) is -3.95. The highest BCUT2D eigenvalue weighted by atomic mass is 32.2. The quantitative estimate of drug-likeness (QED) is 0.460. The lowest BCUT2D eigenvalue weighted by molar-refractivity contribution is 0.597. The first-order valence-electron chi connectivity index (χ1n) is 9.54. The number of hydrogen-bond donors (Lipinski definition) is 1. The molecule has 8 heteroatoms. The van der Waals surface area contributed by atoms with Gasteiger partial charge in [0.25, 0.3) is 0 Å². The lowest BCUT2D eigenvalue weighted by Gasteiger charge is -2.08. The summed E-state index contributed by atoms with van der Waals surface area (Å²) >= 11 is 0. The Morgan fingerprint density at radius 3 is 2.13 bits per heavy atom. The van der Waals surface area contributed by atoms with Gasteiger partial charge >= 0.3 is 0 Å². The summed E-state index contributed by atoms with van der Waals surface area (Å²) < 4.78 is 42.0. The summed E-state index contributed by atoms with van der Waals surface area (Å²) in [6.07, 6.45) is 0. The summed E-state index contributed by atoms with van der Waals surface area (Å²) in [5.74, 6) is -0.314. The Kier molecular flexibility index (Phi) is 4.44. The maximum atomic E-state index is 13.5. The van der Waals surface area contributed by atoms with Crippen LogP contribution in [0, 0.1) is 5.82 Å². The zero-order valence-corrected chi connectivity index (χ0v) is 17.1. The van der Waals surface area contributed by atoms with Crippen LogP contribution in [0.1, 0.15) is 5.56 Å². The Hall–Kier alpha value is -3.78. The van der Waals surface area contributed by atoms with Crippen molar-refractivity contribution in [3.8, 4) is 0 Å². The van der Waals surface area contributed by atoms with Gasteiger partial charge in [0.1, 0.15) is 22.0 Å². The highest BCUT2D eigenvalue weighted by Crippen LogP contribution is 2.35. The van der Waals surface area contributed by atoms with E-state index in [0.29, 0.717) is 16.7 Å². The highest BCUT2D eigenvalue weighted by molar-refractivity contribution is 7.92. The zero-order valence-electron chi connectivity index (χ0n) is 16.2. The Morgan fingerprint density at radius 2 is 1.45 bits per heavy atom. The van der Waals surface area contributed by atoms with Crippen molar-refractivity contribution in [2.75, 3.05) is 5.73 Å². The second-order valence-electron chi connectivity index (χ2n) is 7.13. The van der Waals surface area contributed by atoms with Gasteiger partial charge in [0, 0.05) is 0 Å². The van der Waals surface area contributed by atoms with Crippen LogP contribution in [0.5, 0.6) is 0 Å². The van der Waals surface area contributed by atoms with Crippen molar-refractivity contribution in [1.82, 2.24) is 14.5 Å². The van der Waals surface area contributed by atoms with Crippen molar-refractivity contribution in [2.45, 2.75) is 16.3 Å². The second kappa shape index (κ2) is 7.17. The van der Waals surface area contributed by atoms with Crippen molar-refractivity contribution in [2.24, 2.45) is 0 Å². The van der Waals surface area contributed by atoms with Crippen molar-refractivity contribution in [3.05, 3.63) is 90.2 Å². The number of nitrogens with zero attached hydrogens (tertiary/aromatic N) is 3. The fourth-order valence-electron chi connectivity index (χ4n) is 3.60. The third kappa shape index (κ3) is 3.21. The van der Waals surface area contributed by atoms with E-state index in [1.165, 1.54) is 24.3 Å². The monoisotopic (exact) mass is 432 g/mol. The molecular weight excluding hydrogens is 415 g/mol. The van der Waals surface area contributed by atoms with Gasteiger partial charge < -0.3 is 10.3 Å². The minimum absolute atomic E-state index is 0.0403. The average Bonchev–Trinajstić information content (AvgIpc) is 3.05. The Bertz CT molecular complexity index is 1530. The summed E-state index contributed by atoms with van der Waals surface area (Å²) in [6.45, 7) is 0.222. The van der Waals surface area contributed by atoms with Crippen LogP contribution in [-0.4, -0.2) is 23.0 Å². The van der Waals surface area contributed by atoms with Crippen LogP contribution in [-0.2, 0) is 16.4 Å². The third-order valence-corrected chi connectivity index (χ3v) is 6.96. The van der Waals surface area contributed by atoms with Crippen molar-refractivity contribution in [3.63, 3.8) is 0 Å². The summed E-state index contributed by atoms with van der Waals surface area (Å²) in [5, 5.41) is 0. The molecule has 0 aliphatic heterocycles. The molecule has 0 bridgehead atoms. The highest BCUT2D eigenvalue weighted by Gasteiger charge is 2.30. The largest absolute Gasteiger partial charge is 0.384 e. The van der Waals surface area contributed by atoms with E-state index in [0.717, 1.165) is 5.56 Å². The summed E-state index contributed by atoms with van der Waals surface area (Å²) in [5.41, 5.74) is 8.92. The topological polar surface area (TPSA) is 90.9 Å². The normalized spacial score (nSPS) is 11.9. The van der Waals surface area contributed by atoms with Gasteiger partial charge in [-0.25, -0.2) is 22.8 Å². The van der Waals surface area contributed by atoms with E-state index in [-0.39, 0.29) is 33.5 Å². The molecule has 5 aromatic rings. The van der Waals surface area contributed by atoms with E-state index in [1.54, 1.807) is 47.0 Å². The van der Waals surface area contributed by atoms with Crippen LogP contribution in [0.15, 0.2) is 88.7 Å². The Balaban J connectivity index is 1.81. The van der Waals surface area contributed by atoms with Gasteiger partial charge in [-0.05, 0) is 42.0 Å². The molecule has 0 atom stereocenters. The smallest absolute Gasteiger partial charge is 0.212 e. The van der Waals surface area contributed by atoms with E-state index in [4.69, 9.17) is 5.73 Å². The van der Waals surface area contributed by atoms with Crippen LogP contribution in [0.25, 0.3) is 22.2 Å². The van der Waals surface area contributed by atoms with E-state index in [2.05, 4.69) is 9.97 Å². The predicted octanol–water partition coefficient (Wildman–Crippen LogP) is 4.19. The number of aromatic nitrogens is 3. The molecule has 2 N–H and O–H groups in total. The molecule has 2 heterocycles. The second-order valence-corrected chi connectivity index (χ2v) is 9.01. The fourth-order valence-corrected chi connectivity index (χ4v) is 5.13. The maximum Gasteiger partial charge on any atom is 0.212 e. The third-order valence-electron chi connectivity index (χ3n) is 5.12.